The number of benzene rings is 1. The van der Waals surface area contributed by atoms with Crippen molar-refractivity contribution in [2.75, 3.05) is 19.6 Å². The van der Waals surface area contributed by atoms with E-state index in [1.165, 1.54) is 5.56 Å². The highest BCUT2D eigenvalue weighted by molar-refractivity contribution is 5.94. The summed E-state index contributed by atoms with van der Waals surface area (Å²) in [6.45, 7) is 14.1. The van der Waals surface area contributed by atoms with Gasteiger partial charge in [0.25, 0.3) is 5.91 Å². The molecule has 0 aliphatic carbocycles. The number of carbonyl (C=O) groups is 2. The van der Waals surface area contributed by atoms with Gasteiger partial charge in [0.15, 0.2) is 0 Å². The number of piperidine rings is 1. The fourth-order valence-corrected chi connectivity index (χ4v) is 2.92. The van der Waals surface area contributed by atoms with Crippen molar-refractivity contribution in [2.45, 2.75) is 59.8 Å². The van der Waals surface area contributed by atoms with Crippen LogP contribution < -0.4 is 5.32 Å². The van der Waals surface area contributed by atoms with Gasteiger partial charge < -0.3 is 10.2 Å². The molecule has 0 spiro atoms. The molecule has 5 heteroatoms. The molecule has 1 aliphatic heterocycles. The maximum absolute atomic E-state index is 12.4. The standard InChI is InChI=1S/C22H34N2O3/c1-21(2,3)18-9-7-17(8-10-18)19(25)23-15-16-11-13-24(14-12-16)27-20(26)22(4,5)6/h7-10,16H,11-15H2,1-6H3,(H,23,25). The first kappa shape index (κ1) is 21.4. The van der Waals surface area contributed by atoms with Crippen LogP contribution in [-0.4, -0.2) is 36.6 Å². The van der Waals surface area contributed by atoms with E-state index in [0.717, 1.165) is 12.8 Å². The van der Waals surface area contributed by atoms with Crippen molar-refractivity contribution in [1.29, 1.82) is 0 Å². The Kier molecular flexibility index (Phi) is 6.68. The summed E-state index contributed by atoms with van der Waals surface area (Å²) < 4.78 is 0. The summed E-state index contributed by atoms with van der Waals surface area (Å²) in [5.41, 5.74) is 1.50. The second-order valence-corrected chi connectivity index (χ2v) is 9.54. The Bertz CT molecular complexity index is 646. The lowest BCUT2D eigenvalue weighted by atomic mass is 9.86. The molecule has 27 heavy (non-hydrogen) atoms. The molecule has 1 N–H and O–H groups in total. The van der Waals surface area contributed by atoms with Crippen LogP contribution in [0.1, 0.15) is 70.3 Å². The number of carbonyl (C=O) groups excluding carboxylic acids is 2. The molecule has 1 saturated heterocycles. The van der Waals surface area contributed by atoms with Crippen LogP contribution in [0.2, 0.25) is 0 Å². The van der Waals surface area contributed by atoms with Gasteiger partial charge in [-0.05, 0) is 62.6 Å². The Morgan fingerprint density at radius 2 is 1.59 bits per heavy atom. The first-order valence-electron chi connectivity index (χ1n) is 9.83. The summed E-state index contributed by atoms with van der Waals surface area (Å²) in [5, 5.41) is 4.79. The van der Waals surface area contributed by atoms with Crippen molar-refractivity contribution in [3.63, 3.8) is 0 Å². The van der Waals surface area contributed by atoms with Gasteiger partial charge in [-0.25, -0.2) is 4.79 Å². The van der Waals surface area contributed by atoms with Gasteiger partial charge in [0, 0.05) is 25.2 Å². The molecule has 0 aromatic heterocycles. The maximum atomic E-state index is 12.4. The monoisotopic (exact) mass is 374 g/mol. The molecule has 1 amide bonds. The molecular formula is C22H34N2O3. The fraction of sp³-hybridized carbons (Fsp3) is 0.636. The smallest absolute Gasteiger partial charge is 0.330 e. The molecule has 1 heterocycles. The average molecular weight is 375 g/mol. The number of hydrogen-bond donors (Lipinski definition) is 1. The number of hydrogen-bond acceptors (Lipinski definition) is 4. The van der Waals surface area contributed by atoms with Crippen molar-refractivity contribution >= 4 is 11.9 Å². The van der Waals surface area contributed by atoms with Gasteiger partial charge in [0.1, 0.15) is 0 Å². The van der Waals surface area contributed by atoms with Gasteiger partial charge in [-0.2, -0.15) is 0 Å². The number of rotatable bonds is 4. The van der Waals surface area contributed by atoms with E-state index in [0.29, 0.717) is 31.1 Å². The van der Waals surface area contributed by atoms with Gasteiger partial charge in [-0.3, -0.25) is 4.79 Å². The second kappa shape index (κ2) is 8.42. The third-order valence-electron chi connectivity index (χ3n) is 4.96. The fourth-order valence-electron chi connectivity index (χ4n) is 2.92. The molecule has 1 aromatic rings. The van der Waals surface area contributed by atoms with E-state index in [-0.39, 0.29) is 17.3 Å². The summed E-state index contributed by atoms with van der Waals surface area (Å²) in [6, 6.07) is 7.84. The van der Waals surface area contributed by atoms with Crippen molar-refractivity contribution in [2.24, 2.45) is 11.3 Å². The van der Waals surface area contributed by atoms with Crippen LogP contribution in [0.3, 0.4) is 0 Å². The predicted octanol–water partition coefficient (Wildman–Crippen LogP) is 3.93. The van der Waals surface area contributed by atoms with E-state index < -0.39 is 5.41 Å². The average Bonchev–Trinajstić information content (AvgIpc) is 2.59. The molecule has 2 rings (SSSR count). The Balaban J connectivity index is 1.76. The van der Waals surface area contributed by atoms with Crippen LogP contribution in [-0.2, 0) is 15.0 Å². The molecular weight excluding hydrogens is 340 g/mol. The van der Waals surface area contributed by atoms with Crippen LogP contribution >= 0.6 is 0 Å². The van der Waals surface area contributed by atoms with Crippen LogP contribution in [0.5, 0.6) is 0 Å². The number of nitrogens with one attached hydrogen (secondary N) is 1. The first-order valence-corrected chi connectivity index (χ1v) is 9.83. The van der Waals surface area contributed by atoms with Gasteiger partial charge in [0.2, 0.25) is 0 Å². The molecule has 0 saturated carbocycles. The van der Waals surface area contributed by atoms with Gasteiger partial charge in [0.05, 0.1) is 5.41 Å². The van der Waals surface area contributed by atoms with E-state index in [9.17, 15) is 9.59 Å². The van der Waals surface area contributed by atoms with Gasteiger partial charge >= 0.3 is 5.97 Å². The molecule has 150 valence electrons. The molecule has 0 atom stereocenters. The predicted molar refractivity (Wildman–Crippen MR) is 107 cm³/mol. The summed E-state index contributed by atoms with van der Waals surface area (Å²) >= 11 is 0. The zero-order valence-corrected chi connectivity index (χ0v) is 17.6. The van der Waals surface area contributed by atoms with Crippen molar-refractivity contribution in [3.05, 3.63) is 35.4 Å². The molecule has 5 nitrogen and oxygen atoms in total. The summed E-state index contributed by atoms with van der Waals surface area (Å²) in [6.07, 6.45) is 1.81. The quantitative estimate of drug-likeness (QED) is 0.867. The molecule has 1 aromatic carbocycles. The van der Waals surface area contributed by atoms with Crippen LogP contribution in [0, 0.1) is 11.3 Å². The van der Waals surface area contributed by atoms with Crippen molar-refractivity contribution < 1.29 is 14.4 Å². The summed E-state index contributed by atoms with van der Waals surface area (Å²) in [4.78, 5) is 29.8. The number of amides is 1. The highest BCUT2D eigenvalue weighted by atomic mass is 16.7. The van der Waals surface area contributed by atoms with Gasteiger partial charge in [-0.15, -0.1) is 5.06 Å². The Labute approximate surface area is 163 Å². The Hall–Kier alpha value is -1.88. The molecule has 0 unspecified atom stereocenters. The van der Waals surface area contributed by atoms with Crippen molar-refractivity contribution in [1.82, 2.24) is 10.4 Å². The largest absolute Gasteiger partial charge is 0.367 e. The number of nitrogens with zero attached hydrogens (tertiary/aromatic N) is 1. The highest BCUT2D eigenvalue weighted by Gasteiger charge is 2.28. The Morgan fingerprint density at radius 3 is 2.07 bits per heavy atom. The minimum absolute atomic E-state index is 0.0305. The van der Waals surface area contributed by atoms with Crippen molar-refractivity contribution in [3.8, 4) is 0 Å². The first-order chi connectivity index (χ1) is 12.5. The molecule has 0 bridgehead atoms. The van der Waals surface area contributed by atoms with E-state index in [2.05, 4.69) is 26.1 Å². The summed E-state index contributed by atoms with van der Waals surface area (Å²) in [5.74, 6) is 0.178. The second-order valence-electron chi connectivity index (χ2n) is 9.54. The van der Waals surface area contributed by atoms with E-state index in [4.69, 9.17) is 4.84 Å². The normalized spacial score (nSPS) is 16.8. The topological polar surface area (TPSA) is 58.6 Å². The lowest BCUT2D eigenvalue weighted by molar-refractivity contribution is -0.205. The third kappa shape index (κ3) is 6.35. The van der Waals surface area contributed by atoms with Crippen LogP contribution in [0.15, 0.2) is 24.3 Å². The van der Waals surface area contributed by atoms with E-state index in [1.807, 2.05) is 45.0 Å². The van der Waals surface area contributed by atoms with Crippen LogP contribution in [0.25, 0.3) is 0 Å². The number of hydroxylamine groups is 2. The molecule has 0 radical (unpaired) electrons. The van der Waals surface area contributed by atoms with E-state index in [1.54, 1.807) is 5.06 Å². The van der Waals surface area contributed by atoms with Crippen LogP contribution in [0.4, 0.5) is 0 Å². The Morgan fingerprint density at radius 1 is 1.04 bits per heavy atom. The van der Waals surface area contributed by atoms with E-state index >= 15 is 0 Å². The SMILES string of the molecule is CC(C)(C)C(=O)ON1CCC(CNC(=O)c2ccc(C(C)(C)C)cc2)CC1. The minimum atomic E-state index is -0.493. The lowest BCUT2D eigenvalue weighted by Gasteiger charge is -2.32. The molecule has 1 fully saturated rings. The lowest BCUT2D eigenvalue weighted by Crippen LogP contribution is -2.41. The van der Waals surface area contributed by atoms with Gasteiger partial charge in [-0.1, -0.05) is 32.9 Å². The third-order valence-corrected chi connectivity index (χ3v) is 4.96. The highest BCUT2D eigenvalue weighted by Crippen LogP contribution is 2.23. The minimum Gasteiger partial charge on any atom is -0.367 e. The maximum Gasteiger partial charge on any atom is 0.330 e. The summed E-state index contributed by atoms with van der Waals surface area (Å²) in [7, 11) is 0. The molecule has 1 aliphatic rings. The zero-order chi connectivity index (χ0) is 20.2. The zero-order valence-electron chi connectivity index (χ0n) is 17.6.